The Morgan fingerprint density at radius 3 is 2.63 bits per heavy atom. The number of aryl methyl sites for hydroxylation is 1. The number of halogens is 1. The molecule has 0 spiro atoms. The highest BCUT2D eigenvalue weighted by Gasteiger charge is 2.21. The van der Waals surface area contributed by atoms with Crippen LogP contribution in [0.4, 0.5) is 27.4 Å². The lowest BCUT2D eigenvalue weighted by Crippen LogP contribution is -2.33. The van der Waals surface area contributed by atoms with Gasteiger partial charge in [-0.2, -0.15) is 4.39 Å². The van der Waals surface area contributed by atoms with Crippen LogP contribution in [0, 0.1) is 12.9 Å². The van der Waals surface area contributed by atoms with Gasteiger partial charge >= 0.3 is 0 Å². The summed E-state index contributed by atoms with van der Waals surface area (Å²) in [5.41, 5.74) is 8.67. The number of carbonyl (C=O) groups excluding carboxylic acids is 1. The van der Waals surface area contributed by atoms with E-state index in [1.54, 1.807) is 6.20 Å². The molecule has 4 aromatic rings. The summed E-state index contributed by atoms with van der Waals surface area (Å²) in [4.78, 5) is 25.4. The largest absolute Gasteiger partial charge is 0.366 e. The van der Waals surface area contributed by atoms with E-state index < -0.39 is 11.9 Å². The predicted molar refractivity (Wildman–Crippen MR) is 131 cm³/mol. The van der Waals surface area contributed by atoms with Gasteiger partial charge in [0, 0.05) is 42.3 Å². The fourth-order valence-corrected chi connectivity index (χ4v) is 4.11. The lowest BCUT2D eigenvalue weighted by Gasteiger charge is -2.27. The number of imidazole rings is 1. The number of carbonyl (C=O) groups is 1. The number of anilines is 4. The Hall–Kier alpha value is -4.12. The van der Waals surface area contributed by atoms with Crippen molar-refractivity contribution in [3.8, 4) is 0 Å². The van der Waals surface area contributed by atoms with E-state index >= 15 is 0 Å². The summed E-state index contributed by atoms with van der Waals surface area (Å²) < 4.78 is 14.9. The molecule has 10 nitrogen and oxygen atoms in total. The first kappa shape index (κ1) is 22.7. The van der Waals surface area contributed by atoms with Crippen LogP contribution in [0.25, 0.3) is 5.65 Å². The zero-order valence-electron chi connectivity index (χ0n) is 19.2. The molecule has 1 fully saturated rings. The summed E-state index contributed by atoms with van der Waals surface area (Å²) in [7, 11) is 0. The maximum atomic E-state index is 13.5. The summed E-state index contributed by atoms with van der Waals surface area (Å²) in [5, 5.41) is 14.1. The summed E-state index contributed by atoms with van der Waals surface area (Å²) in [5.74, 6) is 0.0692. The lowest BCUT2D eigenvalue weighted by atomic mass is 9.92. The second kappa shape index (κ2) is 9.63. The van der Waals surface area contributed by atoms with E-state index in [1.165, 1.54) is 23.0 Å². The zero-order chi connectivity index (χ0) is 24.4. The minimum atomic E-state index is -0.685. The van der Waals surface area contributed by atoms with E-state index in [2.05, 4.69) is 36.0 Å². The maximum Gasteiger partial charge on any atom is 0.276 e. The number of amides is 1. The molecule has 1 amide bonds. The Morgan fingerprint density at radius 1 is 1.06 bits per heavy atom. The van der Waals surface area contributed by atoms with Gasteiger partial charge in [0.05, 0.1) is 11.9 Å². The standard InChI is InChI=1S/C24H26FN9O/c1-14-2-7-21(28-12-14)32-18-11-22(30-16-5-3-15(26)4-6-16)33-34-19(13-29-23(18)34)24(35)31-17-8-9-27-20(25)10-17/h2,7-13,15-16H,3-6,26H2,1H3,(H,28,32)(H,30,33)(H,27,31,35). The van der Waals surface area contributed by atoms with Crippen LogP contribution in [0.3, 0.4) is 0 Å². The van der Waals surface area contributed by atoms with E-state index in [9.17, 15) is 9.18 Å². The highest BCUT2D eigenvalue weighted by atomic mass is 19.1. The molecule has 0 bridgehead atoms. The molecule has 1 aliphatic rings. The van der Waals surface area contributed by atoms with Gasteiger partial charge in [-0.25, -0.2) is 19.5 Å². The molecule has 4 aromatic heterocycles. The number of hydrogen-bond acceptors (Lipinski definition) is 8. The van der Waals surface area contributed by atoms with Crippen LogP contribution in [0.5, 0.6) is 0 Å². The highest BCUT2D eigenvalue weighted by molar-refractivity contribution is 6.03. The molecule has 5 N–H and O–H groups in total. The van der Waals surface area contributed by atoms with E-state index in [1.807, 2.05) is 25.1 Å². The Bertz CT molecular complexity index is 1350. The van der Waals surface area contributed by atoms with Crippen molar-refractivity contribution < 1.29 is 9.18 Å². The molecule has 1 aliphatic carbocycles. The average Bonchev–Trinajstić information content (AvgIpc) is 3.26. The van der Waals surface area contributed by atoms with E-state index in [4.69, 9.17) is 5.73 Å². The van der Waals surface area contributed by atoms with Crippen LogP contribution in [0.2, 0.25) is 0 Å². The number of hydrogen-bond donors (Lipinski definition) is 4. The third-order valence-corrected chi connectivity index (χ3v) is 5.98. The first-order chi connectivity index (χ1) is 16.9. The number of nitrogens with zero attached hydrogens (tertiary/aromatic N) is 5. The molecular formula is C24H26FN9O. The number of fused-ring (bicyclic) bond motifs is 1. The number of pyridine rings is 2. The van der Waals surface area contributed by atoms with Gasteiger partial charge in [0.1, 0.15) is 11.6 Å². The van der Waals surface area contributed by atoms with E-state index in [0.717, 1.165) is 37.3 Å². The van der Waals surface area contributed by atoms with Gasteiger partial charge in [-0.05, 0) is 50.3 Å². The van der Waals surface area contributed by atoms with Crippen molar-refractivity contribution in [3.05, 3.63) is 66.1 Å². The summed E-state index contributed by atoms with van der Waals surface area (Å²) in [6, 6.07) is 8.80. The molecule has 0 radical (unpaired) electrons. The second-order valence-corrected chi connectivity index (χ2v) is 8.75. The minimum absolute atomic E-state index is 0.200. The third-order valence-electron chi connectivity index (χ3n) is 5.98. The summed E-state index contributed by atoms with van der Waals surface area (Å²) in [6.45, 7) is 1.97. The van der Waals surface area contributed by atoms with Gasteiger partial charge in [0.2, 0.25) is 5.95 Å². The fourth-order valence-electron chi connectivity index (χ4n) is 4.11. The molecule has 11 heteroatoms. The van der Waals surface area contributed by atoms with Crippen molar-refractivity contribution in [1.29, 1.82) is 0 Å². The molecule has 5 rings (SSSR count). The average molecular weight is 476 g/mol. The SMILES string of the molecule is Cc1ccc(Nc2cc(NC3CCC(N)CC3)nn3c(C(=O)Nc4ccnc(F)c4)cnc23)nc1. The lowest BCUT2D eigenvalue weighted by molar-refractivity contribution is 0.102. The molecular weight excluding hydrogens is 449 g/mol. The van der Waals surface area contributed by atoms with Gasteiger partial charge in [-0.3, -0.25) is 4.79 Å². The number of aromatic nitrogens is 5. The van der Waals surface area contributed by atoms with Crippen LogP contribution < -0.4 is 21.7 Å². The number of nitrogens with one attached hydrogen (secondary N) is 3. The van der Waals surface area contributed by atoms with Crippen LogP contribution >= 0.6 is 0 Å². The third kappa shape index (κ3) is 5.19. The molecule has 1 saturated carbocycles. The second-order valence-electron chi connectivity index (χ2n) is 8.75. The van der Waals surface area contributed by atoms with Gasteiger partial charge < -0.3 is 21.7 Å². The fraction of sp³-hybridized carbons (Fsp3) is 0.292. The van der Waals surface area contributed by atoms with Crippen molar-refractivity contribution in [2.24, 2.45) is 5.73 Å². The van der Waals surface area contributed by atoms with Gasteiger partial charge in [0.25, 0.3) is 5.91 Å². The van der Waals surface area contributed by atoms with Crippen molar-refractivity contribution in [2.75, 3.05) is 16.0 Å². The van der Waals surface area contributed by atoms with E-state index in [-0.39, 0.29) is 23.5 Å². The Morgan fingerprint density at radius 2 is 1.89 bits per heavy atom. The van der Waals surface area contributed by atoms with Crippen LogP contribution in [-0.4, -0.2) is 42.6 Å². The quantitative estimate of drug-likeness (QED) is 0.311. The smallest absolute Gasteiger partial charge is 0.276 e. The molecule has 35 heavy (non-hydrogen) atoms. The van der Waals surface area contributed by atoms with Crippen LogP contribution in [-0.2, 0) is 0 Å². The van der Waals surface area contributed by atoms with Crippen molar-refractivity contribution in [2.45, 2.75) is 44.7 Å². The van der Waals surface area contributed by atoms with Crippen molar-refractivity contribution in [1.82, 2.24) is 24.6 Å². The number of rotatable bonds is 6. The molecule has 0 saturated heterocycles. The summed E-state index contributed by atoms with van der Waals surface area (Å²) in [6.07, 6.45) is 8.25. The maximum absolute atomic E-state index is 13.5. The van der Waals surface area contributed by atoms with Crippen LogP contribution in [0.1, 0.15) is 41.7 Å². The van der Waals surface area contributed by atoms with Gasteiger partial charge in [-0.15, -0.1) is 5.10 Å². The molecule has 0 aliphatic heterocycles. The van der Waals surface area contributed by atoms with Crippen molar-refractivity contribution in [3.63, 3.8) is 0 Å². The molecule has 4 heterocycles. The van der Waals surface area contributed by atoms with E-state index in [0.29, 0.717) is 23.0 Å². The monoisotopic (exact) mass is 475 g/mol. The van der Waals surface area contributed by atoms with Gasteiger partial charge in [0.15, 0.2) is 11.3 Å². The van der Waals surface area contributed by atoms with Crippen LogP contribution in [0.15, 0.2) is 48.9 Å². The Kier molecular flexibility index (Phi) is 6.23. The topological polar surface area (TPSA) is 135 Å². The zero-order valence-corrected chi connectivity index (χ0v) is 19.2. The molecule has 0 unspecified atom stereocenters. The minimum Gasteiger partial charge on any atom is -0.366 e. The summed E-state index contributed by atoms with van der Waals surface area (Å²) >= 11 is 0. The molecule has 0 aromatic carbocycles. The highest BCUT2D eigenvalue weighted by Crippen LogP contribution is 2.26. The molecule has 0 atom stereocenters. The normalized spacial score (nSPS) is 17.8. The first-order valence-electron chi connectivity index (χ1n) is 11.5. The first-order valence-corrected chi connectivity index (χ1v) is 11.5. The van der Waals surface area contributed by atoms with Gasteiger partial charge in [-0.1, -0.05) is 6.07 Å². The predicted octanol–water partition coefficient (Wildman–Crippen LogP) is 3.64. The van der Waals surface area contributed by atoms with Crippen molar-refractivity contribution >= 4 is 34.6 Å². The molecule has 180 valence electrons. The Balaban J connectivity index is 1.49. The number of nitrogens with two attached hydrogens (primary N) is 1. The Labute approximate surface area is 201 Å².